The van der Waals surface area contributed by atoms with E-state index in [2.05, 4.69) is 15.0 Å². The maximum absolute atomic E-state index is 4.05. The Morgan fingerprint density at radius 1 is 1.25 bits per heavy atom. The summed E-state index contributed by atoms with van der Waals surface area (Å²) < 4.78 is 0. The Morgan fingerprint density at radius 2 is 2.00 bits per heavy atom. The Hall–Kier alpha value is -1.38. The van der Waals surface area contributed by atoms with Gasteiger partial charge in [-0.2, -0.15) is 0 Å². The molecule has 12 heavy (non-hydrogen) atoms. The highest BCUT2D eigenvalue weighted by atomic mass is 14.9. The van der Waals surface area contributed by atoms with E-state index in [9.17, 15) is 0 Å². The van der Waals surface area contributed by atoms with Crippen molar-refractivity contribution < 1.29 is 0 Å². The zero-order valence-corrected chi connectivity index (χ0v) is 7.63. The van der Waals surface area contributed by atoms with Crippen LogP contribution in [0, 0.1) is 6.92 Å². The molecule has 0 aliphatic heterocycles. The molecular formula is C9H13N3. The van der Waals surface area contributed by atoms with Gasteiger partial charge in [-0.05, 0) is 13.0 Å². The lowest BCUT2D eigenvalue weighted by Crippen LogP contribution is -1.83. The van der Waals surface area contributed by atoms with Crippen LogP contribution in [-0.4, -0.2) is 15.0 Å². The molecule has 0 saturated carbocycles. The maximum Gasteiger partial charge on any atom is 0.140 e. The van der Waals surface area contributed by atoms with Crippen molar-refractivity contribution in [1.82, 2.24) is 15.0 Å². The number of rotatable bonds is 0. The minimum atomic E-state index is 0.910. The van der Waals surface area contributed by atoms with Crippen LogP contribution in [0.5, 0.6) is 0 Å². The zero-order valence-electron chi connectivity index (χ0n) is 7.63. The largest absolute Gasteiger partial charge is 0.346 e. The molecule has 0 aliphatic rings. The molecule has 2 aromatic heterocycles. The third-order valence-corrected chi connectivity index (χ3v) is 1.55. The lowest BCUT2D eigenvalue weighted by atomic mass is 10.3. The number of hydrogen-bond acceptors (Lipinski definition) is 2. The second-order valence-electron chi connectivity index (χ2n) is 2.20. The minimum absolute atomic E-state index is 0.910. The first kappa shape index (κ1) is 8.71. The number of aromatic nitrogens is 3. The van der Waals surface area contributed by atoms with E-state index in [1.54, 1.807) is 6.33 Å². The molecular weight excluding hydrogens is 150 g/mol. The van der Waals surface area contributed by atoms with Crippen LogP contribution >= 0.6 is 0 Å². The van der Waals surface area contributed by atoms with Crippen LogP contribution in [0.3, 0.4) is 0 Å². The van der Waals surface area contributed by atoms with E-state index in [-0.39, 0.29) is 0 Å². The third kappa shape index (κ3) is 1.44. The number of nitrogens with zero attached hydrogens (tertiary/aromatic N) is 2. The molecule has 3 nitrogen and oxygen atoms in total. The van der Waals surface area contributed by atoms with Crippen molar-refractivity contribution in [2.75, 3.05) is 0 Å². The van der Waals surface area contributed by atoms with Crippen molar-refractivity contribution in [3.63, 3.8) is 0 Å². The first-order chi connectivity index (χ1) is 5.88. The van der Waals surface area contributed by atoms with Gasteiger partial charge in [0.25, 0.3) is 0 Å². The normalized spacial score (nSPS) is 9.25. The van der Waals surface area contributed by atoms with Crippen LogP contribution in [0.15, 0.2) is 18.6 Å². The quantitative estimate of drug-likeness (QED) is 0.647. The molecule has 2 rings (SSSR count). The molecule has 0 saturated heterocycles. The van der Waals surface area contributed by atoms with Gasteiger partial charge in [-0.25, -0.2) is 9.97 Å². The maximum atomic E-state index is 4.05. The average molecular weight is 163 g/mol. The molecule has 64 valence electrons. The van der Waals surface area contributed by atoms with Crippen LogP contribution in [0.4, 0.5) is 0 Å². The summed E-state index contributed by atoms with van der Waals surface area (Å²) in [6.45, 7) is 5.97. The van der Waals surface area contributed by atoms with Gasteiger partial charge < -0.3 is 4.98 Å². The SMILES string of the molecule is CC.Cc1ncnc2[nH]ccc12. The van der Waals surface area contributed by atoms with Gasteiger partial charge in [0.15, 0.2) is 0 Å². The Morgan fingerprint density at radius 3 is 2.67 bits per heavy atom. The number of nitrogens with one attached hydrogen (secondary N) is 1. The summed E-state index contributed by atoms with van der Waals surface area (Å²) in [5, 5.41) is 1.10. The lowest BCUT2D eigenvalue weighted by molar-refractivity contribution is 1.14. The topological polar surface area (TPSA) is 41.6 Å². The monoisotopic (exact) mass is 163 g/mol. The standard InChI is InChI=1S/C7H7N3.C2H6/c1-5-6-2-3-8-7(6)10-4-9-5;1-2/h2-4H,1H3,(H,8,9,10);1-2H3. The van der Waals surface area contributed by atoms with Gasteiger partial charge >= 0.3 is 0 Å². The van der Waals surface area contributed by atoms with Crippen LogP contribution < -0.4 is 0 Å². The van der Waals surface area contributed by atoms with Gasteiger partial charge in [0.1, 0.15) is 12.0 Å². The van der Waals surface area contributed by atoms with Gasteiger partial charge in [0, 0.05) is 11.6 Å². The number of H-pyrrole nitrogens is 1. The van der Waals surface area contributed by atoms with Gasteiger partial charge in [-0.15, -0.1) is 0 Å². The highest BCUT2D eigenvalue weighted by molar-refractivity contribution is 5.77. The van der Waals surface area contributed by atoms with Gasteiger partial charge in [-0.3, -0.25) is 0 Å². The minimum Gasteiger partial charge on any atom is -0.346 e. The zero-order chi connectivity index (χ0) is 8.97. The Balaban J connectivity index is 0.000000336. The van der Waals surface area contributed by atoms with Crippen LogP contribution in [0.2, 0.25) is 0 Å². The second kappa shape index (κ2) is 3.85. The molecule has 0 bridgehead atoms. The molecule has 1 N–H and O–H groups in total. The summed E-state index contributed by atoms with van der Waals surface area (Å²) in [5.41, 5.74) is 1.93. The van der Waals surface area contributed by atoms with Gasteiger partial charge in [-0.1, -0.05) is 13.8 Å². The molecule has 0 aliphatic carbocycles. The van der Waals surface area contributed by atoms with Crippen molar-refractivity contribution in [1.29, 1.82) is 0 Å². The van der Waals surface area contributed by atoms with Crippen LogP contribution in [0.1, 0.15) is 19.5 Å². The number of hydrogen-bond donors (Lipinski definition) is 1. The molecule has 0 radical (unpaired) electrons. The molecule has 2 aromatic rings. The summed E-state index contributed by atoms with van der Waals surface area (Å²) in [6.07, 6.45) is 3.43. The van der Waals surface area contributed by atoms with E-state index in [4.69, 9.17) is 0 Å². The molecule has 0 spiro atoms. The fraction of sp³-hybridized carbons (Fsp3) is 0.333. The first-order valence-electron chi connectivity index (χ1n) is 4.12. The molecule has 0 amide bonds. The van der Waals surface area contributed by atoms with E-state index in [1.807, 2.05) is 33.0 Å². The van der Waals surface area contributed by atoms with Crippen LogP contribution in [0.25, 0.3) is 11.0 Å². The predicted molar refractivity (Wildman–Crippen MR) is 50.0 cm³/mol. The summed E-state index contributed by atoms with van der Waals surface area (Å²) >= 11 is 0. The van der Waals surface area contributed by atoms with E-state index in [1.165, 1.54) is 0 Å². The molecule has 0 aromatic carbocycles. The molecule has 0 unspecified atom stereocenters. The van der Waals surface area contributed by atoms with E-state index >= 15 is 0 Å². The van der Waals surface area contributed by atoms with Crippen molar-refractivity contribution in [3.05, 3.63) is 24.3 Å². The van der Waals surface area contributed by atoms with Gasteiger partial charge in [0.2, 0.25) is 0 Å². The Labute approximate surface area is 71.9 Å². The van der Waals surface area contributed by atoms with E-state index in [0.717, 1.165) is 16.7 Å². The smallest absolute Gasteiger partial charge is 0.140 e. The van der Waals surface area contributed by atoms with Gasteiger partial charge in [0.05, 0.1) is 5.69 Å². The highest BCUT2D eigenvalue weighted by Gasteiger charge is 1.96. The van der Waals surface area contributed by atoms with E-state index in [0.29, 0.717) is 0 Å². The highest BCUT2D eigenvalue weighted by Crippen LogP contribution is 2.10. The summed E-state index contributed by atoms with van der Waals surface area (Å²) in [4.78, 5) is 11.1. The number of aryl methyl sites for hydroxylation is 1. The predicted octanol–water partition coefficient (Wildman–Crippen LogP) is 2.29. The molecule has 3 heteroatoms. The van der Waals surface area contributed by atoms with E-state index < -0.39 is 0 Å². The fourth-order valence-electron chi connectivity index (χ4n) is 1.00. The number of fused-ring (bicyclic) bond motifs is 1. The average Bonchev–Trinajstić information content (AvgIpc) is 2.57. The molecule has 0 atom stereocenters. The third-order valence-electron chi connectivity index (χ3n) is 1.55. The molecule has 0 fully saturated rings. The van der Waals surface area contributed by atoms with Crippen molar-refractivity contribution in [2.24, 2.45) is 0 Å². The summed E-state index contributed by atoms with van der Waals surface area (Å²) in [7, 11) is 0. The number of aromatic amines is 1. The second-order valence-corrected chi connectivity index (χ2v) is 2.20. The van der Waals surface area contributed by atoms with Crippen molar-refractivity contribution in [3.8, 4) is 0 Å². The van der Waals surface area contributed by atoms with Crippen molar-refractivity contribution >= 4 is 11.0 Å². The Kier molecular flexibility index (Phi) is 2.80. The molecule has 2 heterocycles. The van der Waals surface area contributed by atoms with Crippen LogP contribution in [-0.2, 0) is 0 Å². The summed E-state index contributed by atoms with van der Waals surface area (Å²) in [5.74, 6) is 0. The Bertz CT molecular complexity index is 351. The first-order valence-corrected chi connectivity index (χ1v) is 4.12. The fourth-order valence-corrected chi connectivity index (χ4v) is 1.00. The van der Waals surface area contributed by atoms with Crippen molar-refractivity contribution in [2.45, 2.75) is 20.8 Å². The lowest BCUT2D eigenvalue weighted by Gasteiger charge is -1.90. The summed E-state index contributed by atoms with van der Waals surface area (Å²) in [6, 6.07) is 1.98.